The molecule has 1 rings (SSSR count). The van der Waals surface area contributed by atoms with Gasteiger partial charge in [-0.2, -0.15) is 0 Å². The molecule has 11 heavy (non-hydrogen) atoms. The smallest absolute Gasteiger partial charge is 0.119 e. The average molecular weight is 187 g/mol. The van der Waals surface area contributed by atoms with Gasteiger partial charge in [0.15, 0.2) is 0 Å². The van der Waals surface area contributed by atoms with Crippen LogP contribution in [0.4, 0.5) is 0 Å². The third-order valence-corrected chi connectivity index (χ3v) is 1.99. The molecule has 0 saturated carbocycles. The van der Waals surface area contributed by atoms with Crippen LogP contribution >= 0.6 is 23.2 Å². The zero-order valence-corrected chi connectivity index (χ0v) is 7.41. The van der Waals surface area contributed by atoms with E-state index in [0.717, 1.165) is 0 Å². The summed E-state index contributed by atoms with van der Waals surface area (Å²) >= 11 is 11.4. The number of ether oxygens (including phenoxy) is 1. The third kappa shape index (κ3) is 1.82. The van der Waals surface area contributed by atoms with Gasteiger partial charge < -0.3 is 4.74 Å². The van der Waals surface area contributed by atoms with Crippen molar-refractivity contribution in [3.8, 4) is 5.75 Å². The molecule has 4 heteroatoms. The largest absolute Gasteiger partial charge is 0.497 e. The van der Waals surface area contributed by atoms with Crippen LogP contribution in [0.2, 0.25) is 10.0 Å². The Hall–Kier alpha value is -0.335. The van der Waals surface area contributed by atoms with E-state index in [1.54, 1.807) is 12.1 Å². The molecule has 2 radical (unpaired) electrons. The Balaban J connectivity index is 3.21. The number of rotatable bonds is 1. The maximum absolute atomic E-state index is 5.70. The van der Waals surface area contributed by atoms with Crippen LogP contribution in [0.3, 0.4) is 0 Å². The molecule has 1 aromatic rings. The lowest BCUT2D eigenvalue weighted by Crippen LogP contribution is -2.06. The van der Waals surface area contributed by atoms with Crippen LogP contribution in [0, 0.1) is 0 Å². The van der Waals surface area contributed by atoms with E-state index in [1.807, 2.05) is 0 Å². The Morgan fingerprint density at radius 2 is 1.82 bits per heavy atom. The van der Waals surface area contributed by atoms with Gasteiger partial charge in [0, 0.05) is 0 Å². The zero-order chi connectivity index (χ0) is 8.43. The standard InChI is InChI=1S/C7H5BCl2O/c1-11-7-3-6(10)5(9)2-4(7)8/h2-3H,1H3. The summed E-state index contributed by atoms with van der Waals surface area (Å²) in [4.78, 5) is 0. The minimum absolute atomic E-state index is 0.435. The summed E-state index contributed by atoms with van der Waals surface area (Å²) in [5.41, 5.74) is 0.488. The first-order valence-corrected chi connectivity index (χ1v) is 3.69. The SMILES string of the molecule is [B]c1cc(Cl)c(Cl)cc1OC. The fraction of sp³-hybridized carbons (Fsp3) is 0.143. The van der Waals surface area contributed by atoms with Crippen LogP contribution in [-0.2, 0) is 0 Å². The summed E-state index contributed by atoms with van der Waals surface area (Å²) in [6.07, 6.45) is 0. The maximum atomic E-state index is 5.70. The van der Waals surface area contributed by atoms with Gasteiger partial charge in [0.2, 0.25) is 0 Å². The predicted octanol–water partition coefficient (Wildman–Crippen LogP) is 1.80. The Labute approximate surface area is 76.7 Å². The summed E-state index contributed by atoms with van der Waals surface area (Å²) in [5.74, 6) is 0.541. The highest BCUT2D eigenvalue weighted by atomic mass is 35.5. The first kappa shape index (κ1) is 8.76. The van der Waals surface area contributed by atoms with Gasteiger partial charge in [0.05, 0.1) is 17.2 Å². The molecule has 0 spiro atoms. The molecule has 0 amide bonds. The third-order valence-electron chi connectivity index (χ3n) is 1.27. The van der Waals surface area contributed by atoms with Gasteiger partial charge in [0.1, 0.15) is 13.6 Å². The van der Waals surface area contributed by atoms with Crippen molar-refractivity contribution in [3.63, 3.8) is 0 Å². The summed E-state index contributed by atoms with van der Waals surface area (Å²) in [7, 11) is 7.06. The van der Waals surface area contributed by atoms with Crippen molar-refractivity contribution in [2.75, 3.05) is 7.11 Å². The van der Waals surface area contributed by atoms with Crippen molar-refractivity contribution < 1.29 is 4.74 Å². The molecular formula is C7H5BCl2O. The Morgan fingerprint density at radius 3 is 2.36 bits per heavy atom. The number of hydrogen-bond donors (Lipinski definition) is 0. The van der Waals surface area contributed by atoms with Crippen LogP contribution in [0.25, 0.3) is 0 Å². The second-order valence-electron chi connectivity index (χ2n) is 2.01. The number of methoxy groups -OCH3 is 1. The van der Waals surface area contributed by atoms with E-state index in [4.69, 9.17) is 35.8 Å². The molecule has 1 aromatic carbocycles. The quantitative estimate of drug-likeness (QED) is 0.608. The molecule has 0 aromatic heterocycles. The van der Waals surface area contributed by atoms with Crippen molar-refractivity contribution in [3.05, 3.63) is 22.2 Å². The Kier molecular flexibility index (Phi) is 2.69. The lowest BCUT2D eigenvalue weighted by atomic mass is 9.95. The number of benzene rings is 1. The van der Waals surface area contributed by atoms with E-state index in [1.165, 1.54) is 7.11 Å². The fourth-order valence-electron chi connectivity index (χ4n) is 0.721. The van der Waals surface area contributed by atoms with Gasteiger partial charge in [0.25, 0.3) is 0 Å². The topological polar surface area (TPSA) is 9.23 Å². The Morgan fingerprint density at radius 1 is 1.27 bits per heavy atom. The summed E-state index contributed by atoms with van der Waals surface area (Å²) in [5, 5.41) is 0.877. The molecule has 0 saturated heterocycles. The van der Waals surface area contributed by atoms with Crippen LogP contribution in [0.5, 0.6) is 5.75 Å². The van der Waals surface area contributed by atoms with Crippen LogP contribution in [0.15, 0.2) is 12.1 Å². The first-order valence-electron chi connectivity index (χ1n) is 2.93. The van der Waals surface area contributed by atoms with E-state index < -0.39 is 0 Å². The normalized spacial score (nSPS) is 9.73. The highest BCUT2D eigenvalue weighted by Gasteiger charge is 2.02. The zero-order valence-electron chi connectivity index (χ0n) is 5.90. The molecule has 0 unspecified atom stereocenters. The molecule has 0 N–H and O–H groups in total. The van der Waals surface area contributed by atoms with E-state index >= 15 is 0 Å². The summed E-state index contributed by atoms with van der Waals surface area (Å²) in [6.45, 7) is 0. The lowest BCUT2D eigenvalue weighted by Gasteiger charge is -2.05. The second-order valence-corrected chi connectivity index (χ2v) is 2.82. The monoisotopic (exact) mass is 186 g/mol. The number of halogens is 2. The molecule has 0 aliphatic carbocycles. The molecule has 1 nitrogen and oxygen atoms in total. The molecule has 0 bridgehead atoms. The second kappa shape index (κ2) is 3.37. The summed E-state index contributed by atoms with van der Waals surface area (Å²) in [6, 6.07) is 3.14. The van der Waals surface area contributed by atoms with E-state index in [0.29, 0.717) is 21.3 Å². The van der Waals surface area contributed by atoms with E-state index in [2.05, 4.69) is 0 Å². The highest BCUT2D eigenvalue weighted by Crippen LogP contribution is 2.23. The first-order chi connectivity index (χ1) is 5.15. The van der Waals surface area contributed by atoms with Crippen molar-refractivity contribution >= 4 is 36.5 Å². The minimum atomic E-state index is 0.435. The van der Waals surface area contributed by atoms with Crippen LogP contribution in [-0.4, -0.2) is 15.0 Å². The minimum Gasteiger partial charge on any atom is -0.497 e. The predicted molar refractivity (Wildman–Crippen MR) is 48.4 cm³/mol. The molecule has 0 heterocycles. The van der Waals surface area contributed by atoms with Crippen LogP contribution < -0.4 is 10.2 Å². The number of hydrogen-bond acceptors (Lipinski definition) is 1. The van der Waals surface area contributed by atoms with E-state index in [9.17, 15) is 0 Å². The van der Waals surface area contributed by atoms with Gasteiger partial charge in [-0.25, -0.2) is 0 Å². The molecule has 0 aliphatic rings. The molecule has 56 valence electrons. The maximum Gasteiger partial charge on any atom is 0.119 e. The van der Waals surface area contributed by atoms with E-state index in [-0.39, 0.29) is 0 Å². The molecule has 0 atom stereocenters. The van der Waals surface area contributed by atoms with Crippen molar-refractivity contribution in [1.29, 1.82) is 0 Å². The van der Waals surface area contributed by atoms with Crippen molar-refractivity contribution in [2.45, 2.75) is 0 Å². The molecular weight excluding hydrogens is 182 g/mol. The van der Waals surface area contributed by atoms with Crippen molar-refractivity contribution in [2.24, 2.45) is 0 Å². The van der Waals surface area contributed by atoms with Crippen molar-refractivity contribution in [1.82, 2.24) is 0 Å². The fourth-order valence-corrected chi connectivity index (χ4v) is 1.05. The highest BCUT2D eigenvalue weighted by molar-refractivity contribution is 6.44. The van der Waals surface area contributed by atoms with Gasteiger partial charge >= 0.3 is 0 Å². The Bertz CT molecular complexity index is 275. The molecule has 0 aliphatic heterocycles. The summed E-state index contributed by atoms with van der Waals surface area (Å²) < 4.78 is 4.91. The van der Waals surface area contributed by atoms with Gasteiger partial charge in [-0.1, -0.05) is 28.7 Å². The van der Waals surface area contributed by atoms with Gasteiger partial charge in [-0.15, -0.1) is 0 Å². The molecule has 0 fully saturated rings. The van der Waals surface area contributed by atoms with Gasteiger partial charge in [-0.05, 0) is 12.1 Å². The average Bonchev–Trinajstić information content (AvgIpc) is 1.97. The van der Waals surface area contributed by atoms with Crippen LogP contribution in [0.1, 0.15) is 0 Å². The lowest BCUT2D eigenvalue weighted by molar-refractivity contribution is 0.418. The van der Waals surface area contributed by atoms with Gasteiger partial charge in [-0.3, -0.25) is 0 Å².